The van der Waals surface area contributed by atoms with E-state index in [1.165, 1.54) is 76.6 Å². The van der Waals surface area contributed by atoms with Crippen molar-refractivity contribution in [3.05, 3.63) is 285 Å². The molecule has 0 fully saturated rings. The molecule has 2 aromatic heterocycles. The van der Waals surface area contributed by atoms with Crippen LogP contribution >= 0.6 is 0 Å². The Morgan fingerprint density at radius 2 is 0.575 bits per heavy atom. The maximum absolute atomic E-state index is 2.41. The van der Waals surface area contributed by atoms with Crippen LogP contribution in [0.4, 0.5) is 17.1 Å². The third-order valence-electron chi connectivity index (χ3n) is 14.7. The van der Waals surface area contributed by atoms with Gasteiger partial charge in [0.2, 0.25) is 0 Å². The number of hydrogen-bond acceptors (Lipinski definition) is 1. The summed E-state index contributed by atoms with van der Waals surface area (Å²) in [5.74, 6) is 0. The number of aromatic nitrogens is 2. The quantitative estimate of drug-likeness (QED) is 0.141. The summed E-state index contributed by atoms with van der Waals surface area (Å²) in [5.41, 5.74) is 19.7. The highest BCUT2D eigenvalue weighted by Gasteiger charge is 2.18. The summed E-state index contributed by atoms with van der Waals surface area (Å²) in [4.78, 5) is 2.34. The predicted molar refractivity (Wildman–Crippen MR) is 309 cm³/mol. The molecule has 0 N–H and O–H groups in total. The summed E-state index contributed by atoms with van der Waals surface area (Å²) >= 11 is 0. The average molecular weight is 930 g/mol. The van der Waals surface area contributed by atoms with Crippen molar-refractivity contribution in [3.63, 3.8) is 0 Å². The van der Waals surface area contributed by atoms with Crippen molar-refractivity contribution < 1.29 is 0 Å². The minimum absolute atomic E-state index is 1.11. The molecule has 0 saturated heterocycles. The van der Waals surface area contributed by atoms with Gasteiger partial charge in [-0.05, 0) is 158 Å². The maximum atomic E-state index is 2.41. The first kappa shape index (κ1) is 42.2. The van der Waals surface area contributed by atoms with E-state index in [0.29, 0.717) is 0 Å². The Kier molecular flexibility index (Phi) is 10.2. The highest BCUT2D eigenvalue weighted by molar-refractivity contribution is 6.11. The van der Waals surface area contributed by atoms with Crippen LogP contribution < -0.4 is 4.90 Å². The van der Waals surface area contributed by atoms with Gasteiger partial charge in [-0.15, -0.1) is 0 Å². The van der Waals surface area contributed by atoms with Gasteiger partial charge in [0.15, 0.2) is 0 Å². The molecule has 3 heteroatoms. The lowest BCUT2D eigenvalue weighted by atomic mass is 9.92. The first-order valence-corrected chi connectivity index (χ1v) is 25.1. The Balaban J connectivity index is 0.884. The molecule has 0 bridgehead atoms. The number of hydrogen-bond donors (Lipinski definition) is 0. The van der Waals surface area contributed by atoms with Crippen LogP contribution in [0.15, 0.2) is 285 Å². The van der Waals surface area contributed by atoms with E-state index in [-0.39, 0.29) is 0 Å². The highest BCUT2D eigenvalue weighted by atomic mass is 15.1. The first-order valence-electron chi connectivity index (χ1n) is 25.1. The number of para-hydroxylation sites is 5. The summed E-state index contributed by atoms with van der Waals surface area (Å²) in [7, 11) is 0. The number of anilines is 3. The first-order chi connectivity index (χ1) is 36.2. The fraction of sp³-hybridized carbons (Fsp3) is 0. The van der Waals surface area contributed by atoms with Crippen LogP contribution in [0.3, 0.4) is 0 Å². The molecule has 0 amide bonds. The Hall–Kier alpha value is -9.70. The Bertz CT molecular complexity index is 4160. The maximum Gasteiger partial charge on any atom is 0.0547 e. The molecule has 0 saturated carbocycles. The van der Waals surface area contributed by atoms with Gasteiger partial charge >= 0.3 is 0 Å². The molecule has 0 atom stereocenters. The third-order valence-corrected chi connectivity index (χ3v) is 14.7. The SMILES string of the molecule is c1ccc(N(c2ccc(-c3ccc(-c4cc(-c5ccc6c7ccccc7n(-c7ccccc7)c6c5)cc(-c5ccc6c7ccccc7n(-c7ccccc7)c6c5)c4)cc3)cc2)c2ccc3ccccc3c2)cc1. The summed E-state index contributed by atoms with van der Waals surface area (Å²) in [6.07, 6.45) is 0. The van der Waals surface area contributed by atoms with E-state index >= 15 is 0 Å². The minimum atomic E-state index is 1.11. The fourth-order valence-corrected chi connectivity index (χ4v) is 11.1. The van der Waals surface area contributed by atoms with Gasteiger partial charge in [0.05, 0.1) is 22.1 Å². The smallest absolute Gasteiger partial charge is 0.0547 e. The van der Waals surface area contributed by atoms with Crippen molar-refractivity contribution in [1.29, 1.82) is 0 Å². The van der Waals surface area contributed by atoms with Crippen LogP contribution in [0.25, 0.3) is 110 Å². The molecule has 73 heavy (non-hydrogen) atoms. The molecular weight excluding hydrogens is 883 g/mol. The van der Waals surface area contributed by atoms with Gasteiger partial charge < -0.3 is 14.0 Å². The standard InChI is InChI=1S/C70H47N3/c1-4-18-58(19-5-1)71(62-39-34-48-16-10-11-17-52(48)45-62)61-37-32-50(33-38-61)49-28-30-51(31-29-49)55-42-56(53-35-40-65-63-24-12-14-26-67(63)72(69(65)46-53)59-20-6-2-7-21-59)44-57(43-55)54-36-41-66-64-25-13-15-27-68(64)73(70(66)47-54)60-22-8-3-9-23-60/h1-47H. The molecule has 0 aliphatic rings. The van der Waals surface area contributed by atoms with E-state index in [9.17, 15) is 0 Å². The van der Waals surface area contributed by atoms with Crippen LogP contribution in [0.1, 0.15) is 0 Å². The molecule has 14 aromatic rings. The molecule has 0 radical (unpaired) electrons. The zero-order chi connectivity index (χ0) is 48.2. The molecule has 14 rings (SSSR count). The summed E-state index contributed by atoms with van der Waals surface area (Å²) in [6, 6.07) is 104. The van der Waals surface area contributed by atoms with Gasteiger partial charge in [-0.1, -0.05) is 182 Å². The number of benzene rings is 12. The molecule has 2 heterocycles. The van der Waals surface area contributed by atoms with Crippen molar-refractivity contribution >= 4 is 71.4 Å². The molecule has 0 aliphatic heterocycles. The van der Waals surface area contributed by atoms with Gasteiger partial charge in [0.1, 0.15) is 0 Å². The predicted octanol–water partition coefficient (Wildman–Crippen LogP) is 19.2. The number of rotatable bonds is 9. The van der Waals surface area contributed by atoms with Crippen molar-refractivity contribution in [3.8, 4) is 55.9 Å². The number of fused-ring (bicyclic) bond motifs is 7. The molecule has 12 aromatic carbocycles. The monoisotopic (exact) mass is 929 g/mol. The number of nitrogens with zero attached hydrogens (tertiary/aromatic N) is 3. The van der Waals surface area contributed by atoms with E-state index < -0.39 is 0 Å². The summed E-state index contributed by atoms with van der Waals surface area (Å²) in [6.45, 7) is 0. The third kappa shape index (κ3) is 7.46. The molecule has 342 valence electrons. The Morgan fingerprint density at radius 1 is 0.205 bits per heavy atom. The second-order valence-electron chi connectivity index (χ2n) is 19.0. The largest absolute Gasteiger partial charge is 0.310 e. The lowest BCUT2D eigenvalue weighted by molar-refractivity contribution is 1.18. The van der Waals surface area contributed by atoms with E-state index in [2.05, 4.69) is 299 Å². The molecular formula is C70H47N3. The normalized spacial score (nSPS) is 11.6. The van der Waals surface area contributed by atoms with E-state index in [4.69, 9.17) is 0 Å². The van der Waals surface area contributed by atoms with Crippen LogP contribution in [0.5, 0.6) is 0 Å². The summed E-state index contributed by atoms with van der Waals surface area (Å²) < 4.78 is 4.81. The van der Waals surface area contributed by atoms with Crippen LogP contribution in [0.2, 0.25) is 0 Å². The topological polar surface area (TPSA) is 13.1 Å². The van der Waals surface area contributed by atoms with Gasteiger partial charge in [0.25, 0.3) is 0 Å². The van der Waals surface area contributed by atoms with Gasteiger partial charge in [0, 0.05) is 50.0 Å². The minimum Gasteiger partial charge on any atom is -0.310 e. The highest BCUT2D eigenvalue weighted by Crippen LogP contribution is 2.42. The van der Waals surface area contributed by atoms with Gasteiger partial charge in [-0.2, -0.15) is 0 Å². The van der Waals surface area contributed by atoms with Gasteiger partial charge in [-0.25, -0.2) is 0 Å². The summed E-state index contributed by atoms with van der Waals surface area (Å²) in [5, 5.41) is 7.43. The molecule has 0 unspecified atom stereocenters. The zero-order valence-corrected chi connectivity index (χ0v) is 40.0. The zero-order valence-electron chi connectivity index (χ0n) is 40.0. The van der Waals surface area contributed by atoms with Crippen LogP contribution in [-0.2, 0) is 0 Å². The van der Waals surface area contributed by atoms with Crippen LogP contribution in [0, 0.1) is 0 Å². The average Bonchev–Trinajstić information content (AvgIpc) is 3.99. The van der Waals surface area contributed by atoms with E-state index in [0.717, 1.165) is 50.7 Å². The lowest BCUT2D eigenvalue weighted by Crippen LogP contribution is -2.09. The molecule has 0 spiro atoms. The Morgan fingerprint density at radius 3 is 1.11 bits per heavy atom. The molecule has 3 nitrogen and oxygen atoms in total. The lowest BCUT2D eigenvalue weighted by Gasteiger charge is -2.26. The van der Waals surface area contributed by atoms with Crippen LogP contribution in [-0.4, -0.2) is 9.13 Å². The van der Waals surface area contributed by atoms with Crippen molar-refractivity contribution in [1.82, 2.24) is 9.13 Å². The fourth-order valence-electron chi connectivity index (χ4n) is 11.1. The van der Waals surface area contributed by atoms with Crippen molar-refractivity contribution in [2.75, 3.05) is 4.90 Å². The second-order valence-corrected chi connectivity index (χ2v) is 19.0. The van der Waals surface area contributed by atoms with E-state index in [1.807, 2.05) is 0 Å². The van der Waals surface area contributed by atoms with Crippen molar-refractivity contribution in [2.24, 2.45) is 0 Å². The van der Waals surface area contributed by atoms with E-state index in [1.54, 1.807) is 0 Å². The van der Waals surface area contributed by atoms with Gasteiger partial charge in [-0.3, -0.25) is 0 Å². The second kappa shape index (κ2) is 17.6. The molecule has 0 aliphatic carbocycles. The Labute approximate surface area is 424 Å². The van der Waals surface area contributed by atoms with Crippen molar-refractivity contribution in [2.45, 2.75) is 0 Å².